The Morgan fingerprint density at radius 2 is 2.14 bits per heavy atom. The third-order valence-electron chi connectivity index (χ3n) is 2.89. The molecule has 1 amide bonds. The Morgan fingerprint density at radius 1 is 1.38 bits per heavy atom. The first-order valence-electron chi connectivity index (χ1n) is 6.68. The van der Waals surface area contributed by atoms with E-state index in [1.807, 2.05) is 30.3 Å². The number of ether oxygens (including phenoxy) is 1. The third-order valence-corrected chi connectivity index (χ3v) is 2.89. The number of nitrogens with two attached hydrogens (primary N) is 1. The molecule has 0 aliphatic carbocycles. The number of hydrogen-bond acceptors (Lipinski definition) is 4. The first-order valence-corrected chi connectivity index (χ1v) is 6.68. The van der Waals surface area contributed by atoms with Gasteiger partial charge in [-0.25, -0.2) is 0 Å². The van der Waals surface area contributed by atoms with Crippen LogP contribution in [-0.4, -0.2) is 30.1 Å². The molecule has 0 bridgehead atoms. The quantitative estimate of drug-likeness (QED) is 0.799. The van der Waals surface area contributed by atoms with Crippen LogP contribution in [0, 0.1) is 0 Å². The van der Waals surface area contributed by atoms with Crippen LogP contribution in [0.4, 0.5) is 0 Å². The zero-order valence-electron chi connectivity index (χ0n) is 11.9. The fraction of sp³-hybridized carbons (Fsp3) is 0.333. The van der Waals surface area contributed by atoms with Crippen LogP contribution in [0.25, 0.3) is 10.9 Å². The van der Waals surface area contributed by atoms with Gasteiger partial charge in [0.1, 0.15) is 11.3 Å². The number of amides is 1. The summed E-state index contributed by atoms with van der Waals surface area (Å²) in [6.07, 6.45) is 2.47. The van der Waals surface area contributed by atoms with Gasteiger partial charge < -0.3 is 15.8 Å². The normalized spacial score (nSPS) is 11.5. The van der Waals surface area contributed by atoms with Gasteiger partial charge in [-0.1, -0.05) is 18.2 Å². The van der Waals surface area contributed by atoms with E-state index in [0.29, 0.717) is 13.2 Å². The highest BCUT2D eigenvalue weighted by Crippen LogP contribution is 2.22. The van der Waals surface area contributed by atoms with Gasteiger partial charge in [0, 0.05) is 18.1 Å². The van der Waals surface area contributed by atoms with Crippen LogP contribution in [0.1, 0.15) is 13.3 Å². The molecule has 0 aliphatic heterocycles. The van der Waals surface area contributed by atoms with Crippen molar-refractivity contribution >= 4 is 29.2 Å². The summed E-state index contributed by atoms with van der Waals surface area (Å²) in [5, 5.41) is 3.80. The standard InChI is InChI=1S/C15H19N3O2.ClH/c1-11(16)15(19)18-9-4-10-20-13-7-2-5-12-6-3-8-17-14(12)13;/h2-3,5-8,11H,4,9-10,16H2,1H3,(H,18,19);1H. The molecule has 1 atom stereocenters. The van der Waals surface area contributed by atoms with Gasteiger partial charge in [-0.05, 0) is 25.5 Å². The van der Waals surface area contributed by atoms with Gasteiger partial charge in [0.05, 0.1) is 12.6 Å². The number of nitrogens with zero attached hydrogens (tertiary/aromatic N) is 1. The van der Waals surface area contributed by atoms with Crippen molar-refractivity contribution in [2.75, 3.05) is 13.2 Å². The molecule has 21 heavy (non-hydrogen) atoms. The maximum Gasteiger partial charge on any atom is 0.236 e. The molecular weight excluding hydrogens is 290 g/mol. The van der Waals surface area contributed by atoms with E-state index in [4.69, 9.17) is 10.5 Å². The molecule has 1 aromatic carbocycles. The Bertz CT molecular complexity index is 585. The molecule has 0 aliphatic rings. The van der Waals surface area contributed by atoms with Crippen LogP contribution in [0.2, 0.25) is 0 Å². The lowest BCUT2D eigenvalue weighted by Crippen LogP contribution is -2.38. The number of halogens is 1. The van der Waals surface area contributed by atoms with E-state index in [1.165, 1.54) is 0 Å². The van der Waals surface area contributed by atoms with Gasteiger partial charge in [-0.15, -0.1) is 12.4 Å². The van der Waals surface area contributed by atoms with E-state index in [0.717, 1.165) is 23.1 Å². The van der Waals surface area contributed by atoms with Crippen LogP contribution in [0.15, 0.2) is 36.5 Å². The lowest BCUT2D eigenvalue weighted by Gasteiger charge is -2.10. The number of carbonyl (C=O) groups is 1. The SMILES string of the molecule is CC(N)C(=O)NCCCOc1cccc2cccnc12.Cl. The van der Waals surface area contributed by atoms with Crippen molar-refractivity contribution in [2.45, 2.75) is 19.4 Å². The molecule has 0 saturated carbocycles. The highest BCUT2D eigenvalue weighted by atomic mass is 35.5. The number of hydrogen-bond donors (Lipinski definition) is 2. The molecule has 0 fully saturated rings. The third kappa shape index (κ3) is 4.88. The molecule has 1 unspecified atom stereocenters. The maximum absolute atomic E-state index is 11.3. The average Bonchev–Trinajstić information content (AvgIpc) is 2.46. The number of para-hydroxylation sites is 1. The predicted octanol–water partition coefficient (Wildman–Crippen LogP) is 1.89. The van der Waals surface area contributed by atoms with E-state index in [9.17, 15) is 4.79 Å². The maximum atomic E-state index is 11.3. The van der Waals surface area contributed by atoms with Gasteiger partial charge in [0.2, 0.25) is 5.91 Å². The van der Waals surface area contributed by atoms with E-state index in [2.05, 4.69) is 10.3 Å². The summed E-state index contributed by atoms with van der Waals surface area (Å²) in [7, 11) is 0. The smallest absolute Gasteiger partial charge is 0.236 e. The molecule has 6 heteroatoms. The summed E-state index contributed by atoms with van der Waals surface area (Å²) >= 11 is 0. The molecule has 0 spiro atoms. The average molecular weight is 310 g/mol. The van der Waals surface area contributed by atoms with Crippen molar-refractivity contribution in [1.29, 1.82) is 0 Å². The van der Waals surface area contributed by atoms with Gasteiger partial charge in [0.25, 0.3) is 0 Å². The Hall–Kier alpha value is -1.85. The van der Waals surface area contributed by atoms with Gasteiger partial charge in [0.15, 0.2) is 0 Å². The van der Waals surface area contributed by atoms with Crippen molar-refractivity contribution in [3.63, 3.8) is 0 Å². The summed E-state index contributed by atoms with van der Waals surface area (Å²) in [5.41, 5.74) is 6.31. The van der Waals surface area contributed by atoms with Crippen LogP contribution < -0.4 is 15.8 Å². The summed E-state index contributed by atoms with van der Waals surface area (Å²) in [6, 6.07) is 9.26. The fourth-order valence-electron chi connectivity index (χ4n) is 1.82. The van der Waals surface area contributed by atoms with E-state index < -0.39 is 6.04 Å². The molecule has 5 nitrogen and oxygen atoms in total. The van der Waals surface area contributed by atoms with Crippen LogP contribution >= 0.6 is 12.4 Å². The summed E-state index contributed by atoms with van der Waals surface area (Å²) in [6.45, 7) is 2.74. The monoisotopic (exact) mass is 309 g/mol. The Labute approximate surface area is 130 Å². The summed E-state index contributed by atoms with van der Waals surface area (Å²) in [4.78, 5) is 15.6. The predicted molar refractivity (Wildman–Crippen MR) is 85.8 cm³/mol. The number of rotatable bonds is 6. The van der Waals surface area contributed by atoms with Gasteiger partial charge in [-0.2, -0.15) is 0 Å². The molecule has 0 radical (unpaired) electrons. The molecule has 2 aromatic rings. The van der Waals surface area contributed by atoms with Gasteiger partial charge in [-0.3, -0.25) is 9.78 Å². The molecule has 114 valence electrons. The van der Waals surface area contributed by atoms with E-state index in [-0.39, 0.29) is 18.3 Å². The minimum Gasteiger partial charge on any atom is -0.491 e. The molecule has 1 aromatic heterocycles. The van der Waals surface area contributed by atoms with E-state index >= 15 is 0 Å². The summed E-state index contributed by atoms with van der Waals surface area (Å²) in [5.74, 6) is 0.624. The first kappa shape index (κ1) is 17.2. The van der Waals surface area contributed by atoms with Gasteiger partial charge >= 0.3 is 0 Å². The Kier molecular flexibility index (Phi) is 6.91. The molecule has 1 heterocycles. The number of carbonyl (C=O) groups excluding carboxylic acids is 1. The largest absolute Gasteiger partial charge is 0.491 e. The molecule has 0 saturated heterocycles. The lowest BCUT2D eigenvalue weighted by molar-refractivity contribution is -0.121. The minimum atomic E-state index is -0.474. The minimum absolute atomic E-state index is 0. The highest BCUT2D eigenvalue weighted by molar-refractivity contribution is 5.85. The number of fused-ring (bicyclic) bond motifs is 1. The zero-order valence-corrected chi connectivity index (χ0v) is 12.7. The second kappa shape index (κ2) is 8.44. The molecule has 2 rings (SSSR count). The highest BCUT2D eigenvalue weighted by Gasteiger charge is 2.06. The van der Waals surface area contributed by atoms with Crippen LogP contribution in [-0.2, 0) is 4.79 Å². The summed E-state index contributed by atoms with van der Waals surface area (Å²) < 4.78 is 5.72. The Balaban J connectivity index is 0.00000220. The lowest BCUT2D eigenvalue weighted by atomic mass is 10.2. The van der Waals surface area contributed by atoms with Crippen molar-refractivity contribution in [1.82, 2.24) is 10.3 Å². The van der Waals surface area contributed by atoms with Crippen molar-refractivity contribution < 1.29 is 9.53 Å². The number of pyridine rings is 1. The second-order valence-corrected chi connectivity index (χ2v) is 4.61. The number of aromatic nitrogens is 1. The van der Waals surface area contributed by atoms with Crippen LogP contribution in [0.5, 0.6) is 5.75 Å². The molecule has 3 N–H and O–H groups in total. The first-order chi connectivity index (χ1) is 9.68. The number of nitrogens with one attached hydrogen (secondary N) is 1. The van der Waals surface area contributed by atoms with Crippen molar-refractivity contribution in [2.24, 2.45) is 5.73 Å². The van der Waals surface area contributed by atoms with E-state index in [1.54, 1.807) is 13.1 Å². The van der Waals surface area contributed by atoms with Crippen molar-refractivity contribution in [3.8, 4) is 5.75 Å². The topological polar surface area (TPSA) is 77.2 Å². The van der Waals surface area contributed by atoms with Crippen molar-refractivity contribution in [3.05, 3.63) is 36.5 Å². The second-order valence-electron chi connectivity index (χ2n) is 4.61. The number of benzene rings is 1. The fourth-order valence-corrected chi connectivity index (χ4v) is 1.82. The zero-order chi connectivity index (χ0) is 14.4. The Morgan fingerprint density at radius 3 is 2.90 bits per heavy atom. The molecular formula is C15H20ClN3O2. The van der Waals surface area contributed by atoms with Crippen LogP contribution in [0.3, 0.4) is 0 Å².